The lowest BCUT2D eigenvalue weighted by Crippen LogP contribution is -2.03. The van der Waals surface area contributed by atoms with Crippen molar-refractivity contribution in [1.29, 1.82) is 0 Å². The Kier molecular flexibility index (Phi) is 3.27. The van der Waals surface area contributed by atoms with Gasteiger partial charge in [0, 0.05) is 0 Å². The number of hydrogen-bond donors (Lipinski definition) is 2. The van der Waals surface area contributed by atoms with Crippen LogP contribution in [-0.2, 0) is 6.54 Å². The summed E-state index contributed by atoms with van der Waals surface area (Å²) in [6, 6.07) is 4.78. The second-order valence-corrected chi connectivity index (χ2v) is 3.56. The van der Waals surface area contributed by atoms with Gasteiger partial charge < -0.3 is 14.8 Å². The van der Waals surface area contributed by atoms with Gasteiger partial charge in [0.05, 0.1) is 12.1 Å². The van der Waals surface area contributed by atoms with Gasteiger partial charge >= 0.3 is 5.97 Å². The molecule has 1 aromatic carbocycles. The minimum Gasteiger partial charge on any atom is -0.478 e. The number of benzene rings is 1. The number of halogens is 2. The largest absolute Gasteiger partial charge is 0.478 e. The quantitative estimate of drug-likeness (QED) is 0.879. The van der Waals surface area contributed by atoms with E-state index in [1.165, 1.54) is 12.1 Å². The fraction of sp³-hybridized carbons (Fsp3) is 0.0833. The van der Waals surface area contributed by atoms with E-state index in [2.05, 4.69) is 5.32 Å². The van der Waals surface area contributed by atoms with Gasteiger partial charge in [0.15, 0.2) is 0 Å². The van der Waals surface area contributed by atoms with Crippen LogP contribution in [0.4, 0.5) is 14.5 Å². The van der Waals surface area contributed by atoms with Crippen LogP contribution in [0.5, 0.6) is 0 Å². The molecule has 18 heavy (non-hydrogen) atoms. The first-order chi connectivity index (χ1) is 8.58. The predicted molar refractivity (Wildman–Crippen MR) is 59.4 cm³/mol. The van der Waals surface area contributed by atoms with Gasteiger partial charge in [0.1, 0.15) is 29.3 Å². The van der Waals surface area contributed by atoms with Crippen LogP contribution < -0.4 is 5.32 Å². The van der Waals surface area contributed by atoms with Crippen molar-refractivity contribution >= 4 is 11.7 Å². The van der Waals surface area contributed by atoms with Gasteiger partial charge in [0.2, 0.25) is 0 Å². The minimum atomic E-state index is -1.12. The van der Waals surface area contributed by atoms with E-state index in [0.717, 1.165) is 18.4 Å². The molecule has 0 radical (unpaired) electrons. The van der Waals surface area contributed by atoms with Gasteiger partial charge in [-0.15, -0.1) is 0 Å². The number of rotatable bonds is 4. The van der Waals surface area contributed by atoms with Gasteiger partial charge in [0.25, 0.3) is 0 Å². The monoisotopic (exact) mass is 253 g/mol. The molecule has 0 fully saturated rings. The molecule has 1 aromatic heterocycles. The van der Waals surface area contributed by atoms with Crippen molar-refractivity contribution in [3.63, 3.8) is 0 Å². The second kappa shape index (κ2) is 4.87. The molecule has 0 bridgehead atoms. The molecule has 4 nitrogen and oxygen atoms in total. The van der Waals surface area contributed by atoms with Crippen molar-refractivity contribution in [2.24, 2.45) is 0 Å². The highest BCUT2D eigenvalue weighted by atomic mass is 19.1. The number of carboxylic acid groups (broad SMARTS) is 1. The molecule has 0 spiro atoms. The van der Waals surface area contributed by atoms with Crippen LogP contribution in [-0.4, -0.2) is 11.1 Å². The molecular weight excluding hydrogens is 244 g/mol. The molecule has 1 heterocycles. The standard InChI is InChI=1S/C12H9F2NO3/c13-9-2-1-3-10(14)11(9)15-5-8-4-7(6-18-8)12(16)17/h1-4,6,15H,5H2,(H,16,17). The Balaban J connectivity index is 2.09. The highest BCUT2D eigenvalue weighted by Gasteiger charge is 2.11. The molecule has 0 aliphatic heterocycles. The first-order valence-electron chi connectivity index (χ1n) is 5.06. The molecule has 94 valence electrons. The number of para-hydroxylation sites is 1. The van der Waals surface area contributed by atoms with E-state index in [4.69, 9.17) is 9.52 Å². The van der Waals surface area contributed by atoms with Crippen LogP contribution in [0.15, 0.2) is 34.9 Å². The van der Waals surface area contributed by atoms with E-state index < -0.39 is 17.6 Å². The van der Waals surface area contributed by atoms with Crippen LogP contribution in [0.25, 0.3) is 0 Å². The average Bonchev–Trinajstić information content (AvgIpc) is 2.77. The highest BCUT2D eigenvalue weighted by molar-refractivity contribution is 5.87. The smallest absolute Gasteiger partial charge is 0.338 e. The number of anilines is 1. The first kappa shape index (κ1) is 12.1. The molecule has 0 aliphatic rings. The topological polar surface area (TPSA) is 62.5 Å². The summed E-state index contributed by atoms with van der Waals surface area (Å²) in [7, 11) is 0. The SMILES string of the molecule is O=C(O)c1coc(CNc2c(F)cccc2F)c1. The number of hydrogen-bond acceptors (Lipinski definition) is 3. The number of aromatic carboxylic acids is 1. The Hall–Kier alpha value is -2.37. The van der Waals surface area contributed by atoms with Gasteiger partial charge in [-0.2, -0.15) is 0 Å². The zero-order valence-electron chi connectivity index (χ0n) is 9.11. The van der Waals surface area contributed by atoms with Crippen molar-refractivity contribution in [3.8, 4) is 0 Å². The molecular formula is C12H9F2NO3. The van der Waals surface area contributed by atoms with Crippen LogP contribution in [0, 0.1) is 11.6 Å². The number of furan rings is 1. The summed E-state index contributed by atoms with van der Waals surface area (Å²) in [5.41, 5.74) is -0.286. The lowest BCUT2D eigenvalue weighted by molar-refractivity contribution is 0.0696. The zero-order chi connectivity index (χ0) is 13.1. The fourth-order valence-electron chi connectivity index (χ4n) is 1.43. The van der Waals surface area contributed by atoms with Gasteiger partial charge in [-0.3, -0.25) is 0 Å². The molecule has 2 rings (SSSR count). The molecule has 2 aromatic rings. The van der Waals surface area contributed by atoms with Crippen LogP contribution >= 0.6 is 0 Å². The van der Waals surface area contributed by atoms with E-state index in [1.807, 2.05) is 0 Å². The van der Waals surface area contributed by atoms with Crippen LogP contribution in [0.3, 0.4) is 0 Å². The lowest BCUT2D eigenvalue weighted by Gasteiger charge is -2.06. The first-order valence-corrected chi connectivity index (χ1v) is 5.06. The van der Waals surface area contributed by atoms with Gasteiger partial charge in [-0.05, 0) is 18.2 Å². The van der Waals surface area contributed by atoms with Crippen molar-refractivity contribution in [1.82, 2.24) is 0 Å². The molecule has 6 heteroatoms. The van der Waals surface area contributed by atoms with Crippen molar-refractivity contribution < 1.29 is 23.1 Å². The van der Waals surface area contributed by atoms with Crippen molar-refractivity contribution in [3.05, 3.63) is 53.5 Å². The van der Waals surface area contributed by atoms with Gasteiger partial charge in [-0.1, -0.05) is 6.07 Å². The molecule has 0 saturated heterocycles. The molecule has 0 atom stereocenters. The summed E-state index contributed by atoms with van der Waals surface area (Å²) in [6.07, 6.45) is 1.07. The molecule has 0 saturated carbocycles. The molecule has 2 N–H and O–H groups in total. The molecule has 0 amide bonds. The van der Waals surface area contributed by atoms with Crippen LogP contribution in [0.1, 0.15) is 16.1 Å². The Morgan fingerprint density at radius 1 is 1.33 bits per heavy atom. The lowest BCUT2D eigenvalue weighted by atomic mass is 10.2. The summed E-state index contributed by atoms with van der Waals surface area (Å²) in [4.78, 5) is 10.6. The van der Waals surface area contributed by atoms with Crippen molar-refractivity contribution in [2.45, 2.75) is 6.54 Å². The van der Waals surface area contributed by atoms with E-state index >= 15 is 0 Å². The van der Waals surface area contributed by atoms with Crippen LogP contribution in [0.2, 0.25) is 0 Å². The maximum absolute atomic E-state index is 13.3. The molecule has 0 unspecified atom stereocenters. The Bertz CT molecular complexity index is 560. The Morgan fingerprint density at radius 3 is 2.56 bits per heavy atom. The summed E-state index contributed by atoms with van der Waals surface area (Å²) in [5, 5.41) is 11.2. The van der Waals surface area contributed by atoms with Gasteiger partial charge in [-0.25, -0.2) is 13.6 Å². The Labute approximate surface area is 101 Å². The summed E-state index contributed by atoms with van der Waals surface area (Å²) in [5.74, 6) is -2.29. The highest BCUT2D eigenvalue weighted by Crippen LogP contribution is 2.19. The number of nitrogens with one attached hydrogen (secondary N) is 1. The summed E-state index contributed by atoms with van der Waals surface area (Å²) < 4.78 is 31.5. The minimum absolute atomic E-state index is 0.00880. The third-order valence-electron chi connectivity index (χ3n) is 2.30. The summed E-state index contributed by atoms with van der Waals surface area (Å²) in [6.45, 7) is -0.00880. The Morgan fingerprint density at radius 2 is 2.00 bits per heavy atom. The zero-order valence-corrected chi connectivity index (χ0v) is 9.11. The summed E-state index contributed by atoms with van der Waals surface area (Å²) >= 11 is 0. The maximum atomic E-state index is 13.3. The number of carboxylic acids is 1. The maximum Gasteiger partial charge on any atom is 0.338 e. The predicted octanol–water partition coefficient (Wildman–Crippen LogP) is 2.87. The normalized spacial score (nSPS) is 10.3. The molecule has 0 aliphatic carbocycles. The van der Waals surface area contributed by atoms with E-state index in [1.54, 1.807) is 0 Å². The third kappa shape index (κ3) is 2.48. The van der Waals surface area contributed by atoms with E-state index in [-0.39, 0.29) is 23.6 Å². The van der Waals surface area contributed by atoms with E-state index in [9.17, 15) is 13.6 Å². The van der Waals surface area contributed by atoms with Crippen molar-refractivity contribution in [2.75, 3.05) is 5.32 Å². The van der Waals surface area contributed by atoms with E-state index in [0.29, 0.717) is 0 Å². The second-order valence-electron chi connectivity index (χ2n) is 3.56. The third-order valence-corrected chi connectivity index (χ3v) is 2.30. The fourth-order valence-corrected chi connectivity index (χ4v) is 1.43. The number of carbonyl (C=O) groups is 1. The average molecular weight is 253 g/mol.